The topological polar surface area (TPSA) is 29.7 Å². The first-order chi connectivity index (χ1) is 14.8. The first-order valence-corrected chi connectivity index (χ1v) is 10.3. The van der Waals surface area contributed by atoms with Crippen molar-refractivity contribution in [3.8, 4) is 22.5 Å². The summed E-state index contributed by atoms with van der Waals surface area (Å²) in [7, 11) is 0. The number of hydrogen-bond donors (Lipinski definition) is 0. The minimum atomic E-state index is 0.885. The fourth-order valence-corrected chi connectivity index (χ4v) is 4.51. The summed E-state index contributed by atoms with van der Waals surface area (Å²) in [6, 6.07) is 29.7. The van der Waals surface area contributed by atoms with E-state index in [1.165, 1.54) is 27.1 Å². The van der Waals surface area contributed by atoms with Gasteiger partial charge in [-0.3, -0.25) is 0 Å². The number of benzene rings is 4. The van der Waals surface area contributed by atoms with Gasteiger partial charge in [-0.25, -0.2) is 9.55 Å². The lowest BCUT2D eigenvalue weighted by atomic mass is 9.93. The Hall–Kier alpha value is -3.85. The molecule has 3 heteroatoms. The number of hydrogen-bond acceptors (Lipinski definition) is 2. The van der Waals surface area contributed by atoms with Crippen molar-refractivity contribution in [1.29, 1.82) is 0 Å². The van der Waals surface area contributed by atoms with Gasteiger partial charge in [-0.1, -0.05) is 60.7 Å². The van der Waals surface area contributed by atoms with Gasteiger partial charge in [-0.15, -0.1) is 0 Å². The van der Waals surface area contributed by atoms with Gasteiger partial charge in [0, 0.05) is 27.3 Å². The van der Waals surface area contributed by atoms with Crippen LogP contribution in [-0.4, -0.2) is 9.97 Å². The van der Waals surface area contributed by atoms with E-state index < -0.39 is 0 Å². The Morgan fingerprint density at radius 1 is 0.667 bits per heavy atom. The van der Waals surface area contributed by atoms with Gasteiger partial charge in [0.2, 0.25) is 0 Å². The van der Waals surface area contributed by atoms with Gasteiger partial charge in [-0.2, -0.15) is 0 Å². The largest absolute Gasteiger partial charge is 0.287 e. The first-order valence-electron chi connectivity index (χ1n) is 10.3. The van der Waals surface area contributed by atoms with Crippen molar-refractivity contribution in [2.75, 3.05) is 0 Å². The molecule has 142 valence electrons. The molecule has 0 fully saturated rings. The van der Waals surface area contributed by atoms with Crippen LogP contribution >= 0.6 is 0 Å². The molecule has 4 aromatic carbocycles. The van der Waals surface area contributed by atoms with Crippen molar-refractivity contribution in [3.05, 3.63) is 91.3 Å². The zero-order valence-corrected chi connectivity index (χ0v) is 16.7. The quantitative estimate of drug-likeness (QED) is 0.275. The molecule has 0 saturated heterocycles. The maximum absolute atomic E-state index is 5.21. The van der Waals surface area contributed by atoms with E-state index in [-0.39, 0.29) is 0 Å². The maximum atomic E-state index is 5.21. The van der Waals surface area contributed by atoms with E-state index in [2.05, 4.69) is 84.3 Å². The SMILES string of the molecule is CC[n+]1cnc2ccc3c(-c4ccccc4)nc(-c4ccccc4)c4ccc1c2c34. The predicted octanol–water partition coefficient (Wildman–Crippen LogP) is 6.02. The van der Waals surface area contributed by atoms with Gasteiger partial charge in [0.05, 0.1) is 23.3 Å². The van der Waals surface area contributed by atoms with Crippen LogP contribution in [0.2, 0.25) is 0 Å². The molecular weight excluding hydrogens is 366 g/mol. The van der Waals surface area contributed by atoms with Crippen molar-refractivity contribution in [3.63, 3.8) is 0 Å². The molecule has 6 rings (SSSR count). The highest BCUT2D eigenvalue weighted by molar-refractivity contribution is 6.25. The van der Waals surface area contributed by atoms with E-state index in [0.717, 1.165) is 34.6 Å². The summed E-state index contributed by atoms with van der Waals surface area (Å²) in [5.41, 5.74) is 6.53. The Bertz CT molecular complexity index is 1450. The summed E-state index contributed by atoms with van der Waals surface area (Å²) in [6.45, 7) is 3.04. The van der Waals surface area contributed by atoms with Crippen LogP contribution in [0.1, 0.15) is 6.92 Å². The molecule has 0 aliphatic rings. The monoisotopic (exact) mass is 386 g/mol. The molecule has 6 aromatic rings. The lowest BCUT2D eigenvalue weighted by molar-refractivity contribution is -0.670. The Labute approximate surface area is 174 Å². The normalized spacial score (nSPS) is 11.6. The second-order valence-corrected chi connectivity index (χ2v) is 7.59. The van der Waals surface area contributed by atoms with Crippen molar-refractivity contribution < 1.29 is 4.57 Å². The Morgan fingerprint density at radius 2 is 1.27 bits per heavy atom. The van der Waals surface area contributed by atoms with Crippen LogP contribution in [0.15, 0.2) is 91.3 Å². The molecule has 0 amide bonds. The molecule has 30 heavy (non-hydrogen) atoms. The van der Waals surface area contributed by atoms with E-state index in [9.17, 15) is 0 Å². The summed E-state index contributed by atoms with van der Waals surface area (Å²) in [5.74, 6) is 0. The minimum absolute atomic E-state index is 0.885. The summed E-state index contributed by atoms with van der Waals surface area (Å²) in [6.07, 6.45) is 1.94. The Kier molecular flexibility index (Phi) is 3.75. The number of aromatic nitrogens is 3. The first kappa shape index (κ1) is 17.0. The average molecular weight is 386 g/mol. The molecule has 0 saturated carbocycles. The molecule has 0 atom stereocenters. The molecule has 0 bridgehead atoms. The van der Waals surface area contributed by atoms with Crippen LogP contribution in [0, 0.1) is 0 Å². The standard InChI is InChI=1S/C27H20N3/c1-2-30-17-28-22-15-13-20-24-21(14-16-23(30)25(22)24)27(19-11-7-4-8-12-19)29-26(20)18-9-5-3-6-10-18/h3-17H,2H2,1H3/q+1. The van der Waals surface area contributed by atoms with E-state index in [0.29, 0.717) is 0 Å². The van der Waals surface area contributed by atoms with Crippen LogP contribution in [0.5, 0.6) is 0 Å². The molecule has 0 radical (unpaired) electrons. The Balaban J connectivity index is 1.85. The fourth-order valence-electron chi connectivity index (χ4n) is 4.51. The van der Waals surface area contributed by atoms with E-state index in [1.807, 2.05) is 18.5 Å². The molecule has 0 spiro atoms. The van der Waals surface area contributed by atoms with Crippen molar-refractivity contribution in [1.82, 2.24) is 9.97 Å². The van der Waals surface area contributed by atoms with Gasteiger partial charge < -0.3 is 0 Å². The Morgan fingerprint density at radius 3 is 1.87 bits per heavy atom. The molecule has 0 N–H and O–H groups in total. The zero-order chi connectivity index (χ0) is 20.1. The molecule has 0 aliphatic carbocycles. The molecular formula is C27H20N3+. The second kappa shape index (κ2) is 6.60. The molecule has 0 unspecified atom stereocenters. The summed E-state index contributed by atoms with van der Waals surface area (Å²) in [4.78, 5) is 9.96. The smallest absolute Gasteiger partial charge is 0.246 e. The number of aryl methyl sites for hydroxylation is 1. The van der Waals surface area contributed by atoms with Crippen molar-refractivity contribution in [2.24, 2.45) is 0 Å². The van der Waals surface area contributed by atoms with Crippen LogP contribution in [0.25, 0.3) is 55.1 Å². The third-order valence-electron chi connectivity index (χ3n) is 5.93. The predicted molar refractivity (Wildman–Crippen MR) is 122 cm³/mol. The van der Waals surface area contributed by atoms with E-state index in [4.69, 9.17) is 9.97 Å². The fraction of sp³-hybridized carbons (Fsp3) is 0.0741. The van der Waals surface area contributed by atoms with Crippen LogP contribution in [0.3, 0.4) is 0 Å². The summed E-state index contributed by atoms with van der Waals surface area (Å²) < 4.78 is 2.21. The molecule has 3 nitrogen and oxygen atoms in total. The minimum Gasteiger partial charge on any atom is -0.246 e. The van der Waals surface area contributed by atoms with Crippen LogP contribution in [0.4, 0.5) is 0 Å². The highest BCUT2D eigenvalue weighted by Crippen LogP contribution is 2.40. The lowest BCUT2D eigenvalue weighted by Gasteiger charge is -2.16. The van der Waals surface area contributed by atoms with Crippen LogP contribution in [-0.2, 0) is 6.54 Å². The second-order valence-electron chi connectivity index (χ2n) is 7.59. The maximum Gasteiger partial charge on any atom is 0.287 e. The third kappa shape index (κ3) is 2.42. The van der Waals surface area contributed by atoms with Gasteiger partial charge in [0.15, 0.2) is 5.52 Å². The van der Waals surface area contributed by atoms with Gasteiger partial charge in [-0.05, 0) is 36.2 Å². The summed E-state index contributed by atoms with van der Waals surface area (Å²) in [5, 5.41) is 4.80. The van der Waals surface area contributed by atoms with Crippen LogP contribution < -0.4 is 4.57 Å². The number of pyridine rings is 1. The third-order valence-corrected chi connectivity index (χ3v) is 5.93. The van der Waals surface area contributed by atoms with Gasteiger partial charge in [0.1, 0.15) is 5.52 Å². The van der Waals surface area contributed by atoms with Crippen molar-refractivity contribution >= 4 is 32.6 Å². The van der Waals surface area contributed by atoms with Gasteiger partial charge in [0.25, 0.3) is 6.33 Å². The molecule has 2 aromatic heterocycles. The molecule has 2 heterocycles. The van der Waals surface area contributed by atoms with E-state index >= 15 is 0 Å². The highest BCUT2D eigenvalue weighted by atomic mass is 15.0. The van der Waals surface area contributed by atoms with Crippen molar-refractivity contribution in [2.45, 2.75) is 13.5 Å². The zero-order valence-electron chi connectivity index (χ0n) is 16.7. The van der Waals surface area contributed by atoms with Gasteiger partial charge >= 0.3 is 0 Å². The summed E-state index contributed by atoms with van der Waals surface area (Å²) >= 11 is 0. The molecule has 0 aliphatic heterocycles. The average Bonchev–Trinajstić information content (AvgIpc) is 2.83. The number of rotatable bonds is 3. The highest BCUT2D eigenvalue weighted by Gasteiger charge is 2.21. The lowest BCUT2D eigenvalue weighted by Crippen LogP contribution is -2.33. The van der Waals surface area contributed by atoms with E-state index in [1.54, 1.807) is 0 Å². The number of nitrogens with zero attached hydrogens (tertiary/aromatic N) is 3.